The summed E-state index contributed by atoms with van der Waals surface area (Å²) >= 11 is 0. The molecule has 6 aliphatic rings. The fraction of sp³-hybridized carbons (Fsp3) is 0.853. The number of ether oxygens (including phenoxy) is 2. The maximum Gasteiger partial charge on any atom is 0.318 e. The highest BCUT2D eigenvalue weighted by atomic mass is 16.6. The summed E-state index contributed by atoms with van der Waals surface area (Å²) < 4.78 is 11.2. The average Bonchev–Trinajstić information content (AvgIpc) is 3.34. The second-order valence-corrected chi connectivity index (χ2v) is 15.4. The summed E-state index contributed by atoms with van der Waals surface area (Å²) in [4.78, 5) is 38.4. The molecular weight excluding hydrogens is 488 g/mol. The molecule has 3 saturated carbocycles. The number of carbonyl (C=O) groups excluding carboxylic acids is 3. The SMILES string of the molecule is CC(=O)O[C@@H]1CC[C@@]2(C)[C@H](C1)C[C@@H]1C3=C4[C@H](C[C@@H]([C@H](C)CC[C@H](C)C(C)C)[C@]4(C)CC[C@H]32)[C@@H]2C(=O)OC(=O)[C@H]21. The van der Waals surface area contributed by atoms with E-state index in [2.05, 4.69) is 41.5 Å². The van der Waals surface area contributed by atoms with Crippen LogP contribution in [0, 0.1) is 70.0 Å². The van der Waals surface area contributed by atoms with Gasteiger partial charge in [-0.05, 0) is 103 Å². The molecule has 0 unspecified atom stereocenters. The molecule has 0 spiro atoms. The maximum absolute atomic E-state index is 13.3. The van der Waals surface area contributed by atoms with E-state index in [1.165, 1.54) is 32.6 Å². The van der Waals surface area contributed by atoms with Gasteiger partial charge in [0.25, 0.3) is 0 Å². The molecule has 1 aliphatic heterocycles. The molecule has 5 heteroatoms. The third-order valence-corrected chi connectivity index (χ3v) is 13.4. The van der Waals surface area contributed by atoms with Crippen molar-refractivity contribution in [3.63, 3.8) is 0 Å². The van der Waals surface area contributed by atoms with Gasteiger partial charge in [0.15, 0.2) is 0 Å². The van der Waals surface area contributed by atoms with Crippen LogP contribution in [0.15, 0.2) is 11.1 Å². The van der Waals surface area contributed by atoms with Gasteiger partial charge in [-0.2, -0.15) is 0 Å². The van der Waals surface area contributed by atoms with Crippen LogP contribution in [0.3, 0.4) is 0 Å². The molecule has 5 aliphatic carbocycles. The summed E-state index contributed by atoms with van der Waals surface area (Å²) in [6.07, 6.45) is 9.64. The van der Waals surface area contributed by atoms with Crippen LogP contribution in [-0.4, -0.2) is 24.0 Å². The lowest BCUT2D eigenvalue weighted by molar-refractivity contribution is -0.154. The zero-order valence-electron chi connectivity index (χ0n) is 25.3. The van der Waals surface area contributed by atoms with E-state index in [4.69, 9.17) is 9.47 Å². The molecule has 0 radical (unpaired) electrons. The Morgan fingerprint density at radius 3 is 2.31 bits per heavy atom. The van der Waals surface area contributed by atoms with Crippen molar-refractivity contribution in [2.75, 3.05) is 0 Å². The summed E-state index contributed by atoms with van der Waals surface area (Å²) in [5.41, 5.74) is 3.45. The molecule has 5 nitrogen and oxygen atoms in total. The second-order valence-electron chi connectivity index (χ2n) is 15.4. The molecule has 216 valence electrons. The Morgan fingerprint density at radius 1 is 0.949 bits per heavy atom. The molecule has 0 N–H and O–H groups in total. The monoisotopic (exact) mass is 538 g/mol. The summed E-state index contributed by atoms with van der Waals surface area (Å²) in [5.74, 6) is 2.35. The minimum absolute atomic E-state index is 0.0297. The van der Waals surface area contributed by atoms with Gasteiger partial charge in [0, 0.05) is 6.92 Å². The van der Waals surface area contributed by atoms with Crippen molar-refractivity contribution in [3.05, 3.63) is 11.1 Å². The van der Waals surface area contributed by atoms with Gasteiger partial charge in [-0.3, -0.25) is 14.4 Å². The van der Waals surface area contributed by atoms with Crippen LogP contribution >= 0.6 is 0 Å². The highest BCUT2D eigenvalue weighted by molar-refractivity contribution is 5.98. The third-order valence-electron chi connectivity index (χ3n) is 13.4. The van der Waals surface area contributed by atoms with Gasteiger partial charge in [-0.25, -0.2) is 0 Å². The van der Waals surface area contributed by atoms with Crippen LogP contribution < -0.4 is 0 Å². The van der Waals surface area contributed by atoms with E-state index in [0.29, 0.717) is 29.6 Å². The van der Waals surface area contributed by atoms with E-state index in [9.17, 15) is 14.4 Å². The zero-order valence-corrected chi connectivity index (χ0v) is 25.3. The van der Waals surface area contributed by atoms with Gasteiger partial charge >= 0.3 is 17.9 Å². The minimum Gasteiger partial charge on any atom is -0.463 e. The summed E-state index contributed by atoms with van der Waals surface area (Å²) in [7, 11) is 0. The maximum atomic E-state index is 13.3. The van der Waals surface area contributed by atoms with E-state index in [1.807, 2.05) is 0 Å². The van der Waals surface area contributed by atoms with Gasteiger partial charge < -0.3 is 9.47 Å². The van der Waals surface area contributed by atoms with Crippen molar-refractivity contribution in [3.8, 4) is 0 Å². The molecular formula is C34H50O5. The number of hydrogen-bond donors (Lipinski definition) is 0. The van der Waals surface area contributed by atoms with Crippen molar-refractivity contribution in [2.24, 2.45) is 70.0 Å². The molecule has 1 saturated heterocycles. The first kappa shape index (κ1) is 27.5. The van der Waals surface area contributed by atoms with Crippen LogP contribution in [0.4, 0.5) is 0 Å². The van der Waals surface area contributed by atoms with Gasteiger partial charge in [0.1, 0.15) is 6.10 Å². The van der Waals surface area contributed by atoms with Gasteiger partial charge in [0.05, 0.1) is 11.8 Å². The molecule has 12 atom stereocenters. The molecule has 0 amide bonds. The van der Waals surface area contributed by atoms with Crippen molar-refractivity contribution in [2.45, 2.75) is 112 Å². The van der Waals surface area contributed by atoms with Crippen LogP contribution in [0.5, 0.6) is 0 Å². The molecule has 4 fully saturated rings. The number of hydrogen-bond acceptors (Lipinski definition) is 5. The zero-order chi connectivity index (χ0) is 28.0. The molecule has 1 heterocycles. The largest absolute Gasteiger partial charge is 0.463 e. The van der Waals surface area contributed by atoms with Crippen LogP contribution in [0.25, 0.3) is 0 Å². The lowest BCUT2D eigenvalue weighted by atomic mass is 9.43. The highest BCUT2D eigenvalue weighted by Crippen LogP contribution is 2.73. The van der Waals surface area contributed by atoms with Crippen molar-refractivity contribution in [1.82, 2.24) is 0 Å². The van der Waals surface area contributed by atoms with E-state index in [-0.39, 0.29) is 58.5 Å². The van der Waals surface area contributed by atoms with Crippen molar-refractivity contribution in [1.29, 1.82) is 0 Å². The fourth-order valence-electron chi connectivity index (χ4n) is 11.0. The Hall–Kier alpha value is -1.65. The van der Waals surface area contributed by atoms with Gasteiger partial charge in [0.2, 0.25) is 0 Å². The minimum atomic E-state index is -0.320. The van der Waals surface area contributed by atoms with Crippen LogP contribution in [0.2, 0.25) is 0 Å². The Kier molecular flexibility index (Phi) is 6.66. The molecule has 0 aromatic rings. The van der Waals surface area contributed by atoms with E-state index in [0.717, 1.165) is 38.0 Å². The molecule has 0 bridgehead atoms. The Labute approximate surface area is 235 Å². The quantitative estimate of drug-likeness (QED) is 0.204. The first-order valence-electron chi connectivity index (χ1n) is 16.0. The smallest absolute Gasteiger partial charge is 0.318 e. The predicted molar refractivity (Wildman–Crippen MR) is 149 cm³/mol. The fourth-order valence-corrected chi connectivity index (χ4v) is 11.0. The number of cyclic esters (lactones) is 2. The molecule has 0 aromatic heterocycles. The number of allylic oxidation sites excluding steroid dienone is 2. The molecule has 6 rings (SSSR count). The number of rotatable bonds is 6. The lowest BCUT2D eigenvalue weighted by Crippen LogP contribution is -2.55. The average molecular weight is 539 g/mol. The predicted octanol–water partition coefficient (Wildman–Crippen LogP) is 7.13. The highest BCUT2D eigenvalue weighted by Gasteiger charge is 2.68. The van der Waals surface area contributed by atoms with Crippen LogP contribution in [-0.2, 0) is 23.9 Å². The van der Waals surface area contributed by atoms with E-state index < -0.39 is 0 Å². The number of fused-ring (bicyclic) bond motifs is 5. The standard InChI is InChI=1S/C34H50O5/c1-17(2)18(3)8-9-19(4)26-16-24-29-28(31(36)39-32(29)37)23-15-21-14-22(38-20(5)35)10-12-33(21,6)25-11-13-34(26,7)30(24)27(23)25/h17-19,21-26,28-29H,8-16H2,1-7H3/t18-,19+,21+,22+,23+,24+,25+,26-,28-,29-,33-,34-/m0/s1. The Balaban J connectivity index is 1.39. The van der Waals surface area contributed by atoms with Crippen LogP contribution in [0.1, 0.15) is 106 Å². The second kappa shape index (κ2) is 9.44. The third kappa shape index (κ3) is 4.02. The summed E-state index contributed by atoms with van der Waals surface area (Å²) in [5, 5.41) is 0. The van der Waals surface area contributed by atoms with Crippen molar-refractivity contribution < 1.29 is 23.9 Å². The Bertz CT molecular complexity index is 1090. The van der Waals surface area contributed by atoms with E-state index >= 15 is 0 Å². The Morgan fingerprint density at radius 2 is 1.64 bits per heavy atom. The van der Waals surface area contributed by atoms with Gasteiger partial charge in [-0.15, -0.1) is 0 Å². The van der Waals surface area contributed by atoms with Gasteiger partial charge in [-0.1, -0.05) is 65.5 Å². The normalized spacial score (nSPS) is 45.8. The van der Waals surface area contributed by atoms with E-state index in [1.54, 1.807) is 11.1 Å². The lowest BCUT2D eigenvalue weighted by Gasteiger charge is -2.61. The first-order chi connectivity index (χ1) is 18.4. The first-order valence-corrected chi connectivity index (χ1v) is 16.0. The van der Waals surface area contributed by atoms with Crippen molar-refractivity contribution >= 4 is 17.9 Å². The molecule has 0 aromatic carbocycles. The summed E-state index contributed by atoms with van der Waals surface area (Å²) in [6.45, 7) is 16.0. The number of carbonyl (C=O) groups is 3. The number of esters is 3. The topological polar surface area (TPSA) is 69.7 Å². The summed E-state index contributed by atoms with van der Waals surface area (Å²) in [6, 6.07) is 0. The molecule has 39 heavy (non-hydrogen) atoms.